The van der Waals surface area contributed by atoms with Gasteiger partial charge < -0.3 is 4.52 Å². The lowest BCUT2D eigenvalue weighted by Crippen LogP contribution is -2.03. The summed E-state index contributed by atoms with van der Waals surface area (Å²) in [5.41, 5.74) is 0. The Morgan fingerprint density at radius 3 is 2.50 bits per heavy atom. The van der Waals surface area contributed by atoms with Gasteiger partial charge in [-0.2, -0.15) is 4.20 Å². The second-order valence-electron chi connectivity index (χ2n) is 2.45. The lowest BCUT2D eigenvalue weighted by Gasteiger charge is -2.11. The quantitative estimate of drug-likeness (QED) is 0.603. The second-order valence-corrected chi connectivity index (χ2v) is 4.16. The molecule has 0 fully saturated rings. The number of hydrogen-bond acceptors (Lipinski definition) is 2. The van der Waals surface area contributed by atoms with Crippen molar-refractivity contribution in [3.05, 3.63) is 0 Å². The van der Waals surface area contributed by atoms with Gasteiger partial charge in [-0.15, -0.1) is 0 Å². The van der Waals surface area contributed by atoms with Crippen molar-refractivity contribution in [2.24, 2.45) is 0 Å². The predicted octanol–water partition coefficient (Wildman–Crippen LogP) is 2.98. The molecule has 0 radical (unpaired) electrons. The molecule has 2 nitrogen and oxygen atoms in total. The van der Waals surface area contributed by atoms with Crippen molar-refractivity contribution in [3.63, 3.8) is 0 Å². The Kier molecular flexibility index (Phi) is 4.14. The van der Waals surface area contributed by atoms with Crippen LogP contribution in [0.3, 0.4) is 0 Å². The maximum Gasteiger partial charge on any atom is 0.364 e. The molecule has 0 aromatic rings. The van der Waals surface area contributed by atoms with Crippen LogP contribution in [0, 0.1) is 0 Å². The molecule has 0 aromatic carbocycles. The molecular weight excluding hydrogens is 154 g/mol. The molecule has 0 aliphatic rings. The standard InChI is InChI=1S/C6H14FO2P/c1-4-5-6(2)9-10(3,7)8/h6H,4-5H2,1-3H3. The Morgan fingerprint density at radius 1 is 1.70 bits per heavy atom. The highest BCUT2D eigenvalue weighted by Gasteiger charge is 2.16. The lowest BCUT2D eigenvalue weighted by molar-refractivity contribution is 0.198. The van der Waals surface area contributed by atoms with Crippen LogP contribution in [0.1, 0.15) is 26.7 Å². The SMILES string of the molecule is CCCC(C)OP(C)(=O)F. The largest absolute Gasteiger partial charge is 0.364 e. The molecule has 0 aliphatic carbocycles. The van der Waals surface area contributed by atoms with E-state index in [1.807, 2.05) is 6.92 Å². The maximum absolute atomic E-state index is 12.3. The van der Waals surface area contributed by atoms with E-state index in [0.29, 0.717) is 0 Å². The van der Waals surface area contributed by atoms with E-state index in [2.05, 4.69) is 4.52 Å². The fourth-order valence-corrected chi connectivity index (χ4v) is 1.53. The minimum absolute atomic E-state index is 0.231. The van der Waals surface area contributed by atoms with Crippen LogP contribution in [-0.2, 0) is 9.09 Å². The van der Waals surface area contributed by atoms with Crippen molar-refractivity contribution in [2.45, 2.75) is 32.8 Å². The molecule has 0 spiro atoms. The van der Waals surface area contributed by atoms with Crippen LogP contribution < -0.4 is 0 Å². The van der Waals surface area contributed by atoms with E-state index >= 15 is 0 Å². The van der Waals surface area contributed by atoms with Crippen molar-refractivity contribution >= 4 is 7.68 Å². The summed E-state index contributed by atoms with van der Waals surface area (Å²) in [6.45, 7) is 4.68. The van der Waals surface area contributed by atoms with Crippen molar-refractivity contribution < 1.29 is 13.3 Å². The van der Waals surface area contributed by atoms with Gasteiger partial charge in [0.05, 0.1) is 6.10 Å². The molecule has 10 heavy (non-hydrogen) atoms. The third kappa shape index (κ3) is 6.24. The van der Waals surface area contributed by atoms with Gasteiger partial charge in [0.25, 0.3) is 0 Å². The number of hydrogen-bond donors (Lipinski definition) is 0. The molecule has 62 valence electrons. The third-order valence-electron chi connectivity index (χ3n) is 1.06. The summed E-state index contributed by atoms with van der Waals surface area (Å²) >= 11 is 0. The topological polar surface area (TPSA) is 26.3 Å². The van der Waals surface area contributed by atoms with Gasteiger partial charge in [-0.25, -0.2) is 0 Å². The first kappa shape index (κ1) is 10.1. The van der Waals surface area contributed by atoms with E-state index in [1.54, 1.807) is 6.92 Å². The first-order valence-corrected chi connectivity index (χ1v) is 5.37. The summed E-state index contributed by atoms with van der Waals surface area (Å²) in [5, 5.41) is 0. The first-order valence-electron chi connectivity index (χ1n) is 3.41. The molecule has 0 heterocycles. The molecule has 4 heteroatoms. The summed E-state index contributed by atoms with van der Waals surface area (Å²) < 4.78 is 27.3. The molecular formula is C6H14FO2P. The number of halogens is 1. The molecule has 0 bridgehead atoms. The molecule has 0 N–H and O–H groups in total. The van der Waals surface area contributed by atoms with Gasteiger partial charge in [0.15, 0.2) is 0 Å². The zero-order valence-electron chi connectivity index (χ0n) is 6.63. The Labute approximate surface area is 61.3 Å². The minimum atomic E-state index is -3.75. The minimum Gasteiger partial charge on any atom is -0.303 e. The molecule has 0 saturated heterocycles. The van der Waals surface area contributed by atoms with Crippen LogP contribution in [0.25, 0.3) is 0 Å². The Balaban J connectivity index is 3.58. The van der Waals surface area contributed by atoms with Gasteiger partial charge in [0.1, 0.15) is 0 Å². The van der Waals surface area contributed by atoms with Gasteiger partial charge in [-0.1, -0.05) is 13.3 Å². The van der Waals surface area contributed by atoms with Crippen LogP contribution in [0.5, 0.6) is 0 Å². The second kappa shape index (κ2) is 4.09. The fourth-order valence-electron chi connectivity index (χ4n) is 0.781. The van der Waals surface area contributed by atoms with E-state index in [9.17, 15) is 8.76 Å². The lowest BCUT2D eigenvalue weighted by atomic mass is 10.2. The van der Waals surface area contributed by atoms with Gasteiger partial charge in [-0.3, -0.25) is 4.57 Å². The smallest absolute Gasteiger partial charge is 0.303 e. The monoisotopic (exact) mass is 168 g/mol. The van der Waals surface area contributed by atoms with E-state index in [0.717, 1.165) is 19.5 Å². The van der Waals surface area contributed by atoms with E-state index < -0.39 is 7.68 Å². The summed E-state index contributed by atoms with van der Waals surface area (Å²) in [6, 6.07) is 0. The molecule has 2 unspecified atom stereocenters. The molecule has 0 saturated carbocycles. The van der Waals surface area contributed by atoms with Gasteiger partial charge in [0.2, 0.25) is 0 Å². The predicted molar refractivity (Wildman–Crippen MR) is 40.1 cm³/mol. The van der Waals surface area contributed by atoms with E-state index in [1.165, 1.54) is 0 Å². The number of rotatable bonds is 4. The zero-order chi connectivity index (χ0) is 8.20. The maximum atomic E-state index is 12.3. The van der Waals surface area contributed by atoms with Crippen molar-refractivity contribution in [2.75, 3.05) is 6.66 Å². The van der Waals surface area contributed by atoms with Gasteiger partial charge in [0, 0.05) is 6.66 Å². The van der Waals surface area contributed by atoms with Crippen LogP contribution >= 0.6 is 7.68 Å². The van der Waals surface area contributed by atoms with Crippen LogP contribution in [0.15, 0.2) is 0 Å². The Bertz CT molecular complexity index is 132. The average Bonchev–Trinajstić information content (AvgIpc) is 1.59. The van der Waals surface area contributed by atoms with Crippen LogP contribution in [0.4, 0.5) is 4.20 Å². The van der Waals surface area contributed by atoms with Gasteiger partial charge in [-0.05, 0) is 13.3 Å². The summed E-state index contributed by atoms with van der Waals surface area (Å²) in [4.78, 5) is 0. The van der Waals surface area contributed by atoms with Gasteiger partial charge >= 0.3 is 7.68 Å². The zero-order valence-corrected chi connectivity index (χ0v) is 7.53. The van der Waals surface area contributed by atoms with Crippen LogP contribution in [0.2, 0.25) is 0 Å². The summed E-state index contributed by atoms with van der Waals surface area (Å²) in [6.07, 6.45) is 1.44. The molecule has 0 aromatic heterocycles. The van der Waals surface area contributed by atoms with Crippen molar-refractivity contribution in [1.29, 1.82) is 0 Å². The van der Waals surface area contributed by atoms with Crippen LogP contribution in [-0.4, -0.2) is 12.8 Å². The molecule has 0 amide bonds. The normalized spacial score (nSPS) is 20.0. The van der Waals surface area contributed by atoms with E-state index in [-0.39, 0.29) is 6.10 Å². The highest BCUT2D eigenvalue weighted by molar-refractivity contribution is 7.52. The molecule has 0 rings (SSSR count). The van der Waals surface area contributed by atoms with Crippen molar-refractivity contribution in [1.82, 2.24) is 0 Å². The fraction of sp³-hybridized carbons (Fsp3) is 1.00. The average molecular weight is 168 g/mol. The highest BCUT2D eigenvalue weighted by Crippen LogP contribution is 2.45. The Morgan fingerprint density at radius 2 is 2.20 bits per heavy atom. The van der Waals surface area contributed by atoms with E-state index in [4.69, 9.17) is 0 Å². The first-order chi connectivity index (χ1) is 4.45. The molecule has 0 aliphatic heterocycles. The molecule has 2 atom stereocenters. The Hall–Kier alpha value is 0.120. The summed E-state index contributed by atoms with van der Waals surface area (Å²) in [7, 11) is -3.75. The summed E-state index contributed by atoms with van der Waals surface area (Å²) in [5.74, 6) is 0. The van der Waals surface area contributed by atoms with Crippen molar-refractivity contribution in [3.8, 4) is 0 Å². The third-order valence-corrected chi connectivity index (χ3v) is 1.80. The highest BCUT2D eigenvalue weighted by atomic mass is 31.2.